The van der Waals surface area contributed by atoms with Gasteiger partial charge in [0.2, 0.25) is 0 Å². The second-order valence-corrected chi connectivity index (χ2v) is 18.7. The Labute approximate surface area is 283 Å². The highest BCUT2D eigenvalue weighted by Gasteiger charge is 2.61. The molecule has 9 rings (SSSR count). The summed E-state index contributed by atoms with van der Waals surface area (Å²) in [5, 5.41) is 0. The molecule has 7 fully saturated rings. The molecule has 0 N–H and O–H groups in total. The van der Waals surface area contributed by atoms with Crippen molar-refractivity contribution in [1.82, 2.24) is 0 Å². The largest absolute Gasteiger partial charge is 0.344 e. The number of hydrogen-bond donors (Lipinski definition) is 0. The fraction of sp³-hybridized carbons (Fsp3) is 0.833. The van der Waals surface area contributed by atoms with Gasteiger partial charge in [0.15, 0.2) is 11.6 Å². The Morgan fingerprint density at radius 3 is 2.00 bits per heavy atom. The van der Waals surface area contributed by atoms with Crippen LogP contribution >= 0.6 is 0 Å². The Balaban J connectivity index is 0.000000138. The van der Waals surface area contributed by atoms with E-state index in [1.165, 1.54) is 56.9 Å². The Bertz CT molecular complexity index is 1400. The topological polar surface area (TPSA) is 69.7 Å². The Morgan fingerprint density at radius 1 is 0.638 bits per heavy atom. The van der Waals surface area contributed by atoms with Crippen LogP contribution in [0.3, 0.4) is 0 Å². The minimum Gasteiger partial charge on any atom is -0.344 e. The number of carbonyl (C=O) groups excluding carboxylic acids is 3. The lowest BCUT2D eigenvalue weighted by Crippen LogP contribution is -2.52. The lowest BCUT2D eigenvalue weighted by molar-refractivity contribution is -0.146. The first kappa shape index (κ1) is 32.6. The average molecular weight is 645 g/mol. The summed E-state index contributed by atoms with van der Waals surface area (Å²) in [6.45, 7) is 12.9. The molecule has 8 aliphatic carbocycles. The number of ether oxygens (including phenoxy) is 2. The number of rotatable bonds is 1. The van der Waals surface area contributed by atoms with Crippen LogP contribution in [0.4, 0.5) is 0 Å². The molecule has 6 saturated carbocycles. The van der Waals surface area contributed by atoms with E-state index in [1.807, 2.05) is 6.08 Å². The van der Waals surface area contributed by atoms with Crippen LogP contribution in [-0.4, -0.2) is 36.4 Å². The van der Waals surface area contributed by atoms with Crippen molar-refractivity contribution >= 4 is 17.3 Å². The van der Waals surface area contributed by atoms with E-state index >= 15 is 0 Å². The van der Waals surface area contributed by atoms with Gasteiger partial charge in [-0.3, -0.25) is 14.4 Å². The van der Waals surface area contributed by atoms with Gasteiger partial charge in [0.1, 0.15) is 11.6 Å². The van der Waals surface area contributed by atoms with Gasteiger partial charge in [-0.05, 0) is 154 Å². The summed E-state index contributed by atoms with van der Waals surface area (Å²) in [7, 11) is 0. The minimum absolute atomic E-state index is 0.00763. The Morgan fingerprint density at radius 2 is 1.28 bits per heavy atom. The first-order valence-electron chi connectivity index (χ1n) is 19.6. The maximum absolute atomic E-state index is 12.5. The predicted molar refractivity (Wildman–Crippen MR) is 182 cm³/mol. The number of fused-ring (bicyclic) bond motifs is 10. The fourth-order valence-corrected chi connectivity index (χ4v) is 14.4. The molecule has 5 nitrogen and oxygen atoms in total. The molecule has 0 aromatic rings. The zero-order chi connectivity index (χ0) is 33.0. The second-order valence-electron chi connectivity index (χ2n) is 18.7. The predicted octanol–water partition coefficient (Wildman–Crippen LogP) is 8.98. The fourth-order valence-electron chi connectivity index (χ4n) is 14.4. The standard InChI is InChI=1S/C21H30O3.C21H30O2/c1-19-9-10-21(23-11-12-24-21)13-14(19)3-4-15-16-5-6-18(22)20(16,2)8-7-17(15)19;1-13(22)17-6-7-18-16-5-4-14-12-15(23)8-10-20(14,2)19(16)9-11-21(17,18)3/h13,15-17H,3-12H2,1-2H3;12,16-19H,4-11H2,1-3H3/t15?,16?,17?,19-,20-;16?,17-,18?,19?,20+,21-/m10/s1. The number of carbonyl (C=O) groups is 3. The first-order valence-corrected chi connectivity index (χ1v) is 19.6. The van der Waals surface area contributed by atoms with Gasteiger partial charge in [0.25, 0.3) is 0 Å². The monoisotopic (exact) mass is 644 g/mol. The van der Waals surface area contributed by atoms with Gasteiger partial charge < -0.3 is 9.47 Å². The third kappa shape index (κ3) is 4.77. The van der Waals surface area contributed by atoms with Crippen LogP contribution in [0.15, 0.2) is 23.3 Å². The van der Waals surface area contributed by atoms with Crippen molar-refractivity contribution < 1.29 is 23.9 Å². The molecule has 6 unspecified atom stereocenters. The minimum atomic E-state index is -0.409. The van der Waals surface area contributed by atoms with E-state index in [4.69, 9.17) is 9.47 Å². The number of ketones is 3. The van der Waals surface area contributed by atoms with Crippen molar-refractivity contribution in [3.8, 4) is 0 Å². The molecule has 11 atom stereocenters. The normalized spacial score (nSPS) is 49.3. The molecule has 1 saturated heterocycles. The van der Waals surface area contributed by atoms with Crippen molar-refractivity contribution in [3.63, 3.8) is 0 Å². The van der Waals surface area contributed by atoms with Gasteiger partial charge in [0, 0.05) is 30.6 Å². The maximum Gasteiger partial charge on any atom is 0.188 e. The third-order valence-electron chi connectivity index (χ3n) is 17.1. The molecule has 0 bridgehead atoms. The average Bonchev–Trinajstić information content (AvgIpc) is 3.73. The van der Waals surface area contributed by atoms with Crippen molar-refractivity contribution in [2.75, 3.05) is 13.2 Å². The van der Waals surface area contributed by atoms with E-state index in [0.29, 0.717) is 34.6 Å². The third-order valence-corrected chi connectivity index (χ3v) is 17.1. The molecule has 1 heterocycles. The summed E-state index contributed by atoms with van der Waals surface area (Å²) in [5.74, 6) is 5.56. The molecule has 1 aliphatic heterocycles. The zero-order valence-corrected chi connectivity index (χ0v) is 30.0. The van der Waals surface area contributed by atoms with Gasteiger partial charge >= 0.3 is 0 Å². The molecule has 0 aromatic heterocycles. The highest BCUT2D eigenvalue weighted by molar-refractivity contribution is 5.91. The van der Waals surface area contributed by atoms with Crippen LogP contribution in [0.5, 0.6) is 0 Å². The number of hydrogen-bond acceptors (Lipinski definition) is 5. The number of Topliss-reactive ketones (excluding diaryl/α,β-unsaturated/α-hetero) is 2. The lowest BCUT2D eigenvalue weighted by Gasteiger charge is -2.58. The highest BCUT2D eigenvalue weighted by atomic mass is 16.7. The van der Waals surface area contributed by atoms with Crippen molar-refractivity contribution in [2.45, 2.75) is 143 Å². The van der Waals surface area contributed by atoms with Crippen molar-refractivity contribution in [1.29, 1.82) is 0 Å². The molecule has 0 amide bonds. The molecular weight excluding hydrogens is 584 g/mol. The van der Waals surface area contributed by atoms with Crippen LogP contribution in [0.25, 0.3) is 0 Å². The van der Waals surface area contributed by atoms with E-state index in [1.54, 1.807) is 12.5 Å². The summed E-state index contributed by atoms with van der Waals surface area (Å²) in [5.41, 5.74) is 3.83. The molecule has 1 spiro atoms. The summed E-state index contributed by atoms with van der Waals surface area (Å²) >= 11 is 0. The summed E-state index contributed by atoms with van der Waals surface area (Å²) in [4.78, 5) is 36.5. The van der Waals surface area contributed by atoms with Crippen LogP contribution in [0.1, 0.15) is 137 Å². The van der Waals surface area contributed by atoms with Gasteiger partial charge in [0.05, 0.1) is 13.2 Å². The van der Waals surface area contributed by atoms with E-state index in [0.717, 1.165) is 94.2 Å². The number of allylic oxidation sites excluding steroid dienone is 2. The van der Waals surface area contributed by atoms with Gasteiger partial charge in [-0.2, -0.15) is 0 Å². The summed E-state index contributed by atoms with van der Waals surface area (Å²) in [6, 6.07) is 0. The molecule has 258 valence electrons. The summed E-state index contributed by atoms with van der Waals surface area (Å²) < 4.78 is 11.9. The first-order chi connectivity index (χ1) is 22.3. The smallest absolute Gasteiger partial charge is 0.188 e. The van der Waals surface area contributed by atoms with Crippen LogP contribution < -0.4 is 0 Å². The Hall–Kier alpha value is -1.59. The van der Waals surface area contributed by atoms with Crippen molar-refractivity contribution in [3.05, 3.63) is 23.3 Å². The van der Waals surface area contributed by atoms with Gasteiger partial charge in [-0.1, -0.05) is 38.8 Å². The SMILES string of the molecule is CC(=O)[C@@H]1CCC2C3CCC4=CC(=O)CC[C@@]4(C)C3CC[C@]21C.C[C@@]12CCC3C(CCC4=CC5(CC[C@]43C)OCCO5)C1CCC2=O. The van der Waals surface area contributed by atoms with Gasteiger partial charge in [-0.25, -0.2) is 0 Å². The Kier molecular flexibility index (Phi) is 7.78. The summed E-state index contributed by atoms with van der Waals surface area (Å²) in [6.07, 6.45) is 22.2. The van der Waals surface area contributed by atoms with E-state index < -0.39 is 5.79 Å². The molecule has 0 aromatic carbocycles. The zero-order valence-electron chi connectivity index (χ0n) is 30.0. The van der Waals surface area contributed by atoms with Crippen LogP contribution in [-0.2, 0) is 23.9 Å². The van der Waals surface area contributed by atoms with Crippen molar-refractivity contribution in [2.24, 2.45) is 63.1 Å². The highest BCUT2D eigenvalue weighted by Crippen LogP contribution is 2.67. The molecule has 47 heavy (non-hydrogen) atoms. The van der Waals surface area contributed by atoms with E-state index in [-0.39, 0.29) is 16.2 Å². The maximum atomic E-state index is 12.5. The van der Waals surface area contributed by atoms with Crippen LogP contribution in [0.2, 0.25) is 0 Å². The lowest BCUT2D eigenvalue weighted by atomic mass is 9.47. The van der Waals surface area contributed by atoms with Crippen LogP contribution in [0, 0.1) is 63.1 Å². The molecule has 9 aliphatic rings. The molecular formula is C42H60O5. The molecule has 5 heteroatoms. The van der Waals surface area contributed by atoms with Gasteiger partial charge in [-0.15, -0.1) is 0 Å². The quantitative estimate of drug-likeness (QED) is 0.267. The van der Waals surface area contributed by atoms with E-state index in [9.17, 15) is 14.4 Å². The second kappa shape index (κ2) is 11.2. The van der Waals surface area contributed by atoms with E-state index in [2.05, 4.69) is 33.8 Å². The molecule has 0 radical (unpaired) electrons.